The van der Waals surface area contributed by atoms with Crippen LogP contribution in [0.3, 0.4) is 0 Å². The van der Waals surface area contributed by atoms with Crippen molar-refractivity contribution < 1.29 is 9.47 Å². The zero-order chi connectivity index (χ0) is 11.6. The third-order valence-corrected chi connectivity index (χ3v) is 3.32. The van der Waals surface area contributed by atoms with E-state index in [9.17, 15) is 0 Å². The molecule has 1 aromatic rings. The molecule has 0 saturated carbocycles. The molecule has 92 valence electrons. The summed E-state index contributed by atoms with van der Waals surface area (Å²) in [4.78, 5) is 1.32. The van der Waals surface area contributed by atoms with Gasteiger partial charge in [0.05, 0.1) is 24.2 Å². The fraction of sp³-hybridized carbons (Fsp3) is 0.636. The van der Waals surface area contributed by atoms with Gasteiger partial charge in [0.15, 0.2) is 0 Å². The first-order valence-corrected chi connectivity index (χ1v) is 6.54. The van der Waals surface area contributed by atoms with Crippen molar-refractivity contribution in [1.82, 2.24) is 5.32 Å². The van der Waals surface area contributed by atoms with Gasteiger partial charge in [0.2, 0.25) is 0 Å². The first-order valence-electron chi connectivity index (χ1n) is 5.34. The Labute approximate surface area is 106 Å². The molecule has 5 heteroatoms. The van der Waals surface area contributed by atoms with Crippen LogP contribution in [0.5, 0.6) is 0 Å². The van der Waals surface area contributed by atoms with E-state index >= 15 is 0 Å². The molecule has 0 amide bonds. The third kappa shape index (κ3) is 6.45. The van der Waals surface area contributed by atoms with Gasteiger partial charge >= 0.3 is 0 Å². The largest absolute Gasteiger partial charge is 0.382 e. The lowest BCUT2D eigenvalue weighted by Crippen LogP contribution is -2.22. The molecule has 0 aromatic carbocycles. The second-order valence-corrected chi connectivity index (χ2v) is 5.11. The van der Waals surface area contributed by atoms with E-state index in [0.29, 0.717) is 13.2 Å². The van der Waals surface area contributed by atoms with Crippen molar-refractivity contribution in [1.29, 1.82) is 0 Å². The van der Waals surface area contributed by atoms with Crippen LogP contribution in [0.15, 0.2) is 12.1 Å². The van der Waals surface area contributed by atoms with Crippen molar-refractivity contribution in [2.75, 3.05) is 40.0 Å². The summed E-state index contributed by atoms with van der Waals surface area (Å²) in [5.74, 6) is 0. The van der Waals surface area contributed by atoms with Crippen LogP contribution in [-0.2, 0) is 15.9 Å². The zero-order valence-electron chi connectivity index (χ0n) is 9.50. The Kier molecular flexibility index (Phi) is 7.80. The number of rotatable bonds is 9. The minimum absolute atomic E-state index is 0.660. The molecule has 0 unspecified atom stereocenters. The van der Waals surface area contributed by atoms with E-state index < -0.39 is 0 Å². The van der Waals surface area contributed by atoms with Crippen molar-refractivity contribution in [3.63, 3.8) is 0 Å². The molecule has 16 heavy (non-hydrogen) atoms. The maximum atomic E-state index is 5.84. The summed E-state index contributed by atoms with van der Waals surface area (Å²) < 4.78 is 11.1. The maximum Gasteiger partial charge on any atom is 0.0931 e. The van der Waals surface area contributed by atoms with E-state index in [0.717, 1.165) is 30.5 Å². The summed E-state index contributed by atoms with van der Waals surface area (Å²) >= 11 is 7.48. The predicted molar refractivity (Wildman–Crippen MR) is 68.6 cm³/mol. The minimum atomic E-state index is 0.660. The smallest absolute Gasteiger partial charge is 0.0931 e. The van der Waals surface area contributed by atoms with E-state index in [4.69, 9.17) is 21.1 Å². The Morgan fingerprint density at radius 1 is 1.25 bits per heavy atom. The topological polar surface area (TPSA) is 30.5 Å². The Hall–Kier alpha value is -0.130. The molecule has 0 aliphatic heterocycles. The Morgan fingerprint density at radius 2 is 2.12 bits per heavy atom. The highest BCUT2D eigenvalue weighted by Gasteiger charge is 1.97. The molecule has 1 heterocycles. The fourth-order valence-corrected chi connectivity index (χ4v) is 2.30. The molecule has 0 aliphatic rings. The average molecular weight is 264 g/mol. The van der Waals surface area contributed by atoms with Crippen LogP contribution >= 0.6 is 22.9 Å². The van der Waals surface area contributed by atoms with Crippen LogP contribution < -0.4 is 5.32 Å². The molecular weight excluding hydrogens is 246 g/mol. The average Bonchev–Trinajstić information content (AvgIpc) is 2.68. The molecule has 1 aromatic heterocycles. The van der Waals surface area contributed by atoms with Crippen molar-refractivity contribution in [3.05, 3.63) is 21.3 Å². The van der Waals surface area contributed by atoms with Crippen LogP contribution in [0.25, 0.3) is 0 Å². The van der Waals surface area contributed by atoms with Gasteiger partial charge < -0.3 is 14.8 Å². The predicted octanol–water partition coefficient (Wildman–Crippen LogP) is 2.20. The van der Waals surface area contributed by atoms with Gasteiger partial charge in [-0.3, -0.25) is 0 Å². The molecule has 0 aliphatic carbocycles. The van der Waals surface area contributed by atoms with Crippen molar-refractivity contribution in [2.24, 2.45) is 0 Å². The normalized spacial score (nSPS) is 10.9. The van der Waals surface area contributed by atoms with Crippen LogP contribution in [0.2, 0.25) is 4.34 Å². The summed E-state index contributed by atoms with van der Waals surface area (Å²) in [6.07, 6.45) is 1.02. The lowest BCUT2D eigenvalue weighted by atomic mass is 10.3. The van der Waals surface area contributed by atoms with Crippen molar-refractivity contribution >= 4 is 22.9 Å². The van der Waals surface area contributed by atoms with E-state index in [-0.39, 0.29) is 0 Å². The van der Waals surface area contributed by atoms with Gasteiger partial charge in [0.1, 0.15) is 0 Å². The molecule has 3 nitrogen and oxygen atoms in total. The standard InChI is InChI=1S/C11H18ClNO2S/c1-14-8-9-15-7-6-13-5-4-10-2-3-11(12)16-10/h2-3,13H,4-9H2,1H3. The van der Waals surface area contributed by atoms with Crippen LogP contribution in [0.4, 0.5) is 0 Å². The highest BCUT2D eigenvalue weighted by atomic mass is 35.5. The molecule has 1 rings (SSSR count). The van der Waals surface area contributed by atoms with Gasteiger partial charge in [-0.1, -0.05) is 11.6 Å². The number of ether oxygens (including phenoxy) is 2. The molecule has 0 spiro atoms. The SMILES string of the molecule is COCCOCCNCCc1ccc(Cl)s1. The fourth-order valence-electron chi connectivity index (χ4n) is 1.21. The first kappa shape index (κ1) is 13.9. The number of halogens is 1. The van der Waals surface area contributed by atoms with Gasteiger partial charge in [-0.2, -0.15) is 0 Å². The summed E-state index contributed by atoms with van der Waals surface area (Å²) in [6, 6.07) is 4.01. The highest BCUT2D eigenvalue weighted by Crippen LogP contribution is 2.21. The van der Waals surface area contributed by atoms with Crippen molar-refractivity contribution in [2.45, 2.75) is 6.42 Å². The highest BCUT2D eigenvalue weighted by molar-refractivity contribution is 7.16. The van der Waals surface area contributed by atoms with Crippen LogP contribution in [0, 0.1) is 0 Å². The molecule has 0 bridgehead atoms. The summed E-state index contributed by atoms with van der Waals surface area (Å²) in [5.41, 5.74) is 0. The summed E-state index contributed by atoms with van der Waals surface area (Å²) in [5, 5.41) is 3.32. The summed E-state index contributed by atoms with van der Waals surface area (Å²) in [6.45, 7) is 3.90. The van der Waals surface area contributed by atoms with Gasteiger partial charge in [0, 0.05) is 25.1 Å². The van der Waals surface area contributed by atoms with E-state index in [1.807, 2.05) is 6.07 Å². The Bertz CT molecular complexity index is 281. The Morgan fingerprint density at radius 3 is 2.81 bits per heavy atom. The van der Waals surface area contributed by atoms with Gasteiger partial charge in [-0.05, 0) is 18.6 Å². The number of thiophene rings is 1. The maximum absolute atomic E-state index is 5.84. The third-order valence-electron chi connectivity index (χ3n) is 2.03. The number of hydrogen-bond donors (Lipinski definition) is 1. The molecule has 1 N–H and O–H groups in total. The molecule has 0 radical (unpaired) electrons. The summed E-state index contributed by atoms with van der Waals surface area (Å²) in [7, 11) is 1.67. The van der Waals surface area contributed by atoms with E-state index in [1.165, 1.54) is 4.88 Å². The van der Waals surface area contributed by atoms with E-state index in [1.54, 1.807) is 18.4 Å². The lowest BCUT2D eigenvalue weighted by molar-refractivity contribution is 0.0721. The lowest BCUT2D eigenvalue weighted by Gasteiger charge is -2.04. The quantitative estimate of drug-likeness (QED) is 0.693. The van der Waals surface area contributed by atoms with E-state index in [2.05, 4.69) is 11.4 Å². The first-order chi connectivity index (χ1) is 7.83. The number of nitrogens with one attached hydrogen (secondary N) is 1. The zero-order valence-corrected chi connectivity index (χ0v) is 11.1. The number of hydrogen-bond acceptors (Lipinski definition) is 4. The van der Waals surface area contributed by atoms with Crippen LogP contribution in [0.1, 0.15) is 4.88 Å². The molecule has 0 atom stereocenters. The second kappa shape index (κ2) is 8.96. The molecule has 0 fully saturated rings. The number of methoxy groups -OCH3 is 1. The van der Waals surface area contributed by atoms with Gasteiger partial charge in [0.25, 0.3) is 0 Å². The monoisotopic (exact) mass is 263 g/mol. The Balaban J connectivity index is 1.88. The minimum Gasteiger partial charge on any atom is -0.382 e. The van der Waals surface area contributed by atoms with Crippen molar-refractivity contribution in [3.8, 4) is 0 Å². The molecular formula is C11H18ClNO2S. The van der Waals surface area contributed by atoms with Gasteiger partial charge in [-0.25, -0.2) is 0 Å². The van der Waals surface area contributed by atoms with Gasteiger partial charge in [-0.15, -0.1) is 11.3 Å². The molecule has 0 saturated heterocycles. The second-order valence-electron chi connectivity index (χ2n) is 3.31. The van der Waals surface area contributed by atoms with Crippen LogP contribution in [-0.4, -0.2) is 40.0 Å².